The van der Waals surface area contributed by atoms with Crippen LogP contribution in [0.5, 0.6) is 0 Å². The van der Waals surface area contributed by atoms with Crippen molar-refractivity contribution in [1.29, 1.82) is 0 Å². The van der Waals surface area contributed by atoms with E-state index in [1.807, 2.05) is 0 Å². The van der Waals surface area contributed by atoms with E-state index in [4.69, 9.17) is 0 Å². The number of benzene rings is 1. The maximum atomic E-state index is 9.90. The van der Waals surface area contributed by atoms with Crippen LogP contribution in [0, 0.1) is 18.3 Å². The molecule has 3 rings (SSSR count). The van der Waals surface area contributed by atoms with Crippen LogP contribution >= 0.6 is 0 Å². The second-order valence-corrected chi connectivity index (χ2v) is 6.47. The molecule has 1 heteroatoms. The summed E-state index contributed by atoms with van der Waals surface area (Å²) in [5.41, 5.74) is 2.91. The summed E-state index contributed by atoms with van der Waals surface area (Å²) < 4.78 is 0. The van der Waals surface area contributed by atoms with E-state index < -0.39 is 0 Å². The molecule has 0 saturated heterocycles. The summed E-state index contributed by atoms with van der Waals surface area (Å²) in [6.07, 6.45) is 14.4. The highest BCUT2D eigenvalue weighted by Gasteiger charge is 2.44. The molecular formula is C19H24O. The van der Waals surface area contributed by atoms with Gasteiger partial charge in [0.25, 0.3) is 0 Å². The lowest BCUT2D eigenvalue weighted by Crippen LogP contribution is -2.16. The van der Waals surface area contributed by atoms with Crippen molar-refractivity contribution < 1.29 is 5.11 Å². The Morgan fingerprint density at radius 1 is 1.40 bits per heavy atom. The van der Waals surface area contributed by atoms with Crippen LogP contribution in [0.1, 0.15) is 36.8 Å². The molecule has 0 radical (unpaired) electrons. The number of hydrogen-bond acceptors (Lipinski definition) is 1. The zero-order chi connectivity index (χ0) is 14.0. The lowest BCUT2D eigenvalue weighted by molar-refractivity contribution is 0.173. The first-order chi connectivity index (χ1) is 9.68. The van der Waals surface area contributed by atoms with E-state index in [1.165, 1.54) is 11.1 Å². The van der Waals surface area contributed by atoms with Crippen LogP contribution in [0.25, 0.3) is 0 Å². The van der Waals surface area contributed by atoms with Gasteiger partial charge in [-0.3, -0.25) is 0 Å². The average molecular weight is 268 g/mol. The summed E-state index contributed by atoms with van der Waals surface area (Å²) in [6.45, 7) is 2.14. The Kier molecular flexibility index (Phi) is 3.80. The third-order valence-electron chi connectivity index (χ3n) is 4.86. The molecule has 0 aromatic heterocycles. The standard InChI is InChI=1S/C19H24O/c1-15-6-4-8-16(12-15)7-2-3-10-19-11-5-9-17(19)13-18(20)14-19/h3-6,8,10-12,17-18,20H,2,7,9,13-14H2,1H3/b10-3+. The lowest BCUT2D eigenvalue weighted by atomic mass is 9.80. The third kappa shape index (κ3) is 2.73. The summed E-state index contributed by atoms with van der Waals surface area (Å²) in [5.74, 6) is 0.632. The van der Waals surface area contributed by atoms with Crippen LogP contribution in [-0.2, 0) is 6.42 Å². The quantitative estimate of drug-likeness (QED) is 0.811. The van der Waals surface area contributed by atoms with Gasteiger partial charge in [0.05, 0.1) is 6.10 Å². The predicted molar refractivity (Wildman–Crippen MR) is 83.6 cm³/mol. The Morgan fingerprint density at radius 2 is 2.30 bits per heavy atom. The first kappa shape index (κ1) is 13.6. The highest BCUT2D eigenvalue weighted by molar-refractivity contribution is 5.25. The molecule has 0 spiro atoms. The molecule has 0 bridgehead atoms. The molecule has 0 amide bonds. The number of aryl methyl sites for hydroxylation is 2. The summed E-state index contributed by atoms with van der Waals surface area (Å²) in [7, 11) is 0. The van der Waals surface area contributed by atoms with E-state index in [0.717, 1.165) is 32.1 Å². The van der Waals surface area contributed by atoms with Gasteiger partial charge in [0.15, 0.2) is 0 Å². The summed E-state index contributed by atoms with van der Waals surface area (Å²) in [5, 5.41) is 9.90. The zero-order valence-electron chi connectivity index (χ0n) is 12.3. The van der Waals surface area contributed by atoms with Gasteiger partial charge in [0.1, 0.15) is 0 Å². The van der Waals surface area contributed by atoms with E-state index in [1.54, 1.807) is 0 Å². The van der Waals surface area contributed by atoms with Gasteiger partial charge in [-0.05, 0) is 50.5 Å². The van der Waals surface area contributed by atoms with Gasteiger partial charge in [-0.25, -0.2) is 0 Å². The predicted octanol–water partition coefficient (Wildman–Crippen LogP) is 4.20. The normalized spacial score (nSPS) is 32.1. The van der Waals surface area contributed by atoms with E-state index in [0.29, 0.717) is 5.92 Å². The van der Waals surface area contributed by atoms with Gasteiger partial charge < -0.3 is 5.11 Å². The molecule has 1 saturated carbocycles. The third-order valence-corrected chi connectivity index (χ3v) is 4.86. The maximum absolute atomic E-state index is 9.90. The molecule has 106 valence electrons. The minimum absolute atomic E-state index is 0.105. The van der Waals surface area contributed by atoms with E-state index in [9.17, 15) is 5.11 Å². The zero-order valence-corrected chi connectivity index (χ0v) is 12.3. The molecule has 3 atom stereocenters. The van der Waals surface area contributed by atoms with Crippen molar-refractivity contribution >= 4 is 0 Å². The van der Waals surface area contributed by atoms with E-state index >= 15 is 0 Å². The molecule has 20 heavy (non-hydrogen) atoms. The van der Waals surface area contributed by atoms with Crippen molar-refractivity contribution in [1.82, 2.24) is 0 Å². The number of fused-ring (bicyclic) bond motifs is 1. The second kappa shape index (κ2) is 5.57. The van der Waals surface area contributed by atoms with Crippen LogP contribution in [0.15, 0.2) is 48.6 Å². The van der Waals surface area contributed by atoms with Gasteiger partial charge in [-0.1, -0.05) is 54.1 Å². The van der Waals surface area contributed by atoms with Crippen molar-refractivity contribution in [3.8, 4) is 0 Å². The minimum atomic E-state index is -0.105. The number of aliphatic hydroxyl groups excluding tert-OH is 1. The van der Waals surface area contributed by atoms with Gasteiger partial charge in [-0.2, -0.15) is 0 Å². The lowest BCUT2D eigenvalue weighted by Gasteiger charge is -2.23. The van der Waals surface area contributed by atoms with Crippen LogP contribution in [-0.4, -0.2) is 11.2 Å². The molecule has 2 aliphatic rings. The fraction of sp³-hybridized carbons (Fsp3) is 0.474. The monoisotopic (exact) mass is 268 g/mol. The molecule has 2 aliphatic carbocycles. The second-order valence-electron chi connectivity index (χ2n) is 6.47. The van der Waals surface area contributed by atoms with Gasteiger partial charge in [-0.15, -0.1) is 0 Å². The number of allylic oxidation sites excluding steroid dienone is 4. The topological polar surface area (TPSA) is 20.2 Å². The number of aliphatic hydroxyl groups is 1. The molecule has 0 heterocycles. The Bertz CT molecular complexity index is 528. The summed E-state index contributed by atoms with van der Waals surface area (Å²) >= 11 is 0. The van der Waals surface area contributed by atoms with Gasteiger partial charge >= 0.3 is 0 Å². The Labute approximate surface area is 122 Å². The fourth-order valence-corrected chi connectivity index (χ4v) is 3.86. The smallest absolute Gasteiger partial charge is 0.0554 e. The first-order valence-corrected chi connectivity index (χ1v) is 7.77. The molecule has 1 aromatic rings. The van der Waals surface area contributed by atoms with Gasteiger partial charge in [0.2, 0.25) is 0 Å². The van der Waals surface area contributed by atoms with E-state index in [2.05, 4.69) is 55.5 Å². The average Bonchev–Trinajstić information content (AvgIpc) is 2.90. The Hall–Kier alpha value is -1.34. The molecule has 3 unspecified atom stereocenters. The van der Waals surface area contributed by atoms with Crippen molar-refractivity contribution in [3.63, 3.8) is 0 Å². The van der Waals surface area contributed by atoms with Crippen LogP contribution in [0.3, 0.4) is 0 Å². The molecule has 1 nitrogen and oxygen atoms in total. The van der Waals surface area contributed by atoms with Crippen molar-refractivity contribution in [3.05, 3.63) is 59.7 Å². The van der Waals surface area contributed by atoms with Gasteiger partial charge in [0, 0.05) is 5.41 Å². The van der Waals surface area contributed by atoms with Crippen LogP contribution < -0.4 is 0 Å². The van der Waals surface area contributed by atoms with Crippen LogP contribution in [0.4, 0.5) is 0 Å². The highest BCUT2D eigenvalue weighted by atomic mass is 16.3. The largest absolute Gasteiger partial charge is 0.393 e. The Morgan fingerprint density at radius 3 is 3.15 bits per heavy atom. The minimum Gasteiger partial charge on any atom is -0.393 e. The van der Waals surface area contributed by atoms with Crippen molar-refractivity contribution in [2.75, 3.05) is 0 Å². The number of rotatable bonds is 4. The number of hydrogen-bond donors (Lipinski definition) is 1. The Balaban J connectivity index is 1.59. The summed E-state index contributed by atoms with van der Waals surface area (Å²) in [6, 6.07) is 8.75. The van der Waals surface area contributed by atoms with E-state index in [-0.39, 0.29) is 11.5 Å². The summed E-state index contributed by atoms with van der Waals surface area (Å²) in [4.78, 5) is 0. The molecular weight excluding hydrogens is 244 g/mol. The fourth-order valence-electron chi connectivity index (χ4n) is 3.86. The molecule has 0 aliphatic heterocycles. The molecule has 1 fully saturated rings. The van der Waals surface area contributed by atoms with Crippen molar-refractivity contribution in [2.45, 2.75) is 45.1 Å². The molecule has 1 N–H and O–H groups in total. The highest BCUT2D eigenvalue weighted by Crippen LogP contribution is 2.51. The van der Waals surface area contributed by atoms with Crippen LogP contribution in [0.2, 0.25) is 0 Å². The first-order valence-electron chi connectivity index (χ1n) is 7.77. The SMILES string of the molecule is Cc1cccc(CC/C=C/C23C=CCC2CC(O)C3)c1. The van der Waals surface area contributed by atoms with Crippen molar-refractivity contribution in [2.24, 2.45) is 11.3 Å². The maximum Gasteiger partial charge on any atom is 0.0554 e. The molecule has 1 aromatic carbocycles.